The van der Waals surface area contributed by atoms with E-state index in [0.29, 0.717) is 24.1 Å². The topological polar surface area (TPSA) is 81.3 Å². The SMILES string of the molecule is COC(=O)C(C)(C)CN(c1nc(Cl)ncc1N)C1CCCC1. The molecule has 22 heavy (non-hydrogen) atoms. The van der Waals surface area contributed by atoms with E-state index in [2.05, 4.69) is 14.9 Å². The quantitative estimate of drug-likeness (QED) is 0.661. The molecule has 0 aromatic carbocycles. The van der Waals surface area contributed by atoms with Crippen LogP contribution in [0.2, 0.25) is 5.28 Å². The molecule has 0 aliphatic heterocycles. The maximum atomic E-state index is 12.0. The second-order valence-corrected chi connectivity index (χ2v) is 6.70. The van der Waals surface area contributed by atoms with Gasteiger partial charge in [-0.1, -0.05) is 12.8 Å². The van der Waals surface area contributed by atoms with Crippen LogP contribution in [0.5, 0.6) is 0 Å². The Hall–Kier alpha value is -1.56. The van der Waals surface area contributed by atoms with Gasteiger partial charge < -0.3 is 15.4 Å². The first-order valence-electron chi connectivity index (χ1n) is 7.48. The Bertz CT molecular complexity index is 544. The molecule has 7 heteroatoms. The summed E-state index contributed by atoms with van der Waals surface area (Å²) in [6.07, 6.45) is 5.95. The van der Waals surface area contributed by atoms with Crippen LogP contribution in [0.25, 0.3) is 0 Å². The first-order valence-corrected chi connectivity index (χ1v) is 7.86. The molecule has 1 fully saturated rings. The van der Waals surface area contributed by atoms with E-state index in [4.69, 9.17) is 22.1 Å². The summed E-state index contributed by atoms with van der Waals surface area (Å²) in [4.78, 5) is 22.3. The highest BCUT2D eigenvalue weighted by Gasteiger charge is 2.36. The van der Waals surface area contributed by atoms with Gasteiger partial charge in [-0.15, -0.1) is 0 Å². The normalized spacial score (nSPS) is 15.8. The number of carbonyl (C=O) groups excluding carboxylic acids is 1. The molecule has 1 aliphatic carbocycles. The Morgan fingerprint density at radius 3 is 2.73 bits per heavy atom. The number of esters is 1. The highest BCUT2D eigenvalue weighted by atomic mass is 35.5. The number of rotatable bonds is 5. The minimum atomic E-state index is -0.665. The van der Waals surface area contributed by atoms with Crippen LogP contribution < -0.4 is 10.6 Å². The molecule has 2 rings (SSSR count). The standard InChI is InChI=1S/C15H23ClN4O2/c1-15(2,13(21)22-3)9-20(10-6-4-5-7-10)12-11(17)8-18-14(16)19-12/h8,10H,4-7,9,17H2,1-3H3. The van der Waals surface area contributed by atoms with E-state index < -0.39 is 5.41 Å². The van der Waals surface area contributed by atoms with Gasteiger partial charge >= 0.3 is 5.97 Å². The zero-order chi connectivity index (χ0) is 16.3. The lowest BCUT2D eigenvalue weighted by Gasteiger charge is -2.36. The number of ether oxygens (including phenoxy) is 1. The maximum Gasteiger partial charge on any atom is 0.313 e. The summed E-state index contributed by atoms with van der Waals surface area (Å²) in [7, 11) is 1.40. The van der Waals surface area contributed by atoms with Gasteiger partial charge in [-0.3, -0.25) is 4.79 Å². The lowest BCUT2D eigenvalue weighted by atomic mass is 9.92. The number of halogens is 1. The fourth-order valence-corrected chi connectivity index (χ4v) is 3.08. The molecule has 2 N–H and O–H groups in total. The first kappa shape index (κ1) is 16.8. The highest BCUT2D eigenvalue weighted by molar-refractivity contribution is 6.28. The molecule has 0 bridgehead atoms. The van der Waals surface area contributed by atoms with Crippen LogP contribution in [0.15, 0.2) is 6.20 Å². The third-order valence-electron chi connectivity index (χ3n) is 4.11. The summed E-state index contributed by atoms with van der Waals surface area (Å²) in [6.45, 7) is 4.20. The highest BCUT2D eigenvalue weighted by Crippen LogP contribution is 2.33. The van der Waals surface area contributed by atoms with Crippen molar-refractivity contribution in [2.45, 2.75) is 45.6 Å². The third kappa shape index (κ3) is 3.61. The summed E-state index contributed by atoms with van der Waals surface area (Å²) >= 11 is 5.93. The molecular formula is C15H23ClN4O2. The van der Waals surface area contributed by atoms with Gasteiger partial charge in [0.25, 0.3) is 0 Å². The molecule has 0 atom stereocenters. The third-order valence-corrected chi connectivity index (χ3v) is 4.29. The van der Waals surface area contributed by atoms with Crippen LogP contribution in [-0.2, 0) is 9.53 Å². The van der Waals surface area contributed by atoms with Crippen molar-refractivity contribution in [3.63, 3.8) is 0 Å². The van der Waals surface area contributed by atoms with Gasteiger partial charge in [0.15, 0.2) is 5.82 Å². The molecule has 0 unspecified atom stereocenters. The number of carbonyl (C=O) groups is 1. The van der Waals surface area contributed by atoms with Gasteiger partial charge in [0.05, 0.1) is 24.4 Å². The fourth-order valence-electron chi connectivity index (χ4n) is 2.95. The summed E-state index contributed by atoms with van der Waals surface area (Å²) in [5, 5.41) is 0.156. The Morgan fingerprint density at radius 1 is 1.50 bits per heavy atom. The second-order valence-electron chi connectivity index (χ2n) is 6.36. The molecule has 6 nitrogen and oxygen atoms in total. The summed E-state index contributed by atoms with van der Waals surface area (Å²) in [6, 6.07) is 0.303. The van der Waals surface area contributed by atoms with Crippen molar-refractivity contribution in [2.24, 2.45) is 5.41 Å². The average Bonchev–Trinajstić information content (AvgIpc) is 3.00. The molecule has 0 spiro atoms. The molecule has 1 aromatic heterocycles. The molecule has 1 heterocycles. The number of anilines is 2. The number of hydrogen-bond donors (Lipinski definition) is 1. The molecule has 0 radical (unpaired) electrons. The largest absolute Gasteiger partial charge is 0.469 e. The van der Waals surface area contributed by atoms with Crippen molar-refractivity contribution in [1.82, 2.24) is 9.97 Å². The van der Waals surface area contributed by atoms with Gasteiger partial charge in [0.1, 0.15) is 0 Å². The zero-order valence-electron chi connectivity index (χ0n) is 13.3. The maximum absolute atomic E-state index is 12.0. The van der Waals surface area contributed by atoms with E-state index >= 15 is 0 Å². The lowest BCUT2D eigenvalue weighted by Crippen LogP contribution is -2.45. The van der Waals surface area contributed by atoms with Crippen LogP contribution in [0.4, 0.5) is 11.5 Å². The van der Waals surface area contributed by atoms with Gasteiger partial charge in [-0.2, -0.15) is 4.98 Å². The first-order chi connectivity index (χ1) is 10.3. The molecule has 122 valence electrons. The van der Waals surface area contributed by atoms with Crippen molar-refractivity contribution in [2.75, 3.05) is 24.3 Å². The number of nitrogens with two attached hydrogens (primary N) is 1. The lowest BCUT2D eigenvalue weighted by molar-refractivity contribution is -0.150. The molecule has 1 saturated carbocycles. The predicted octanol–water partition coefficient (Wildman–Crippen LogP) is 2.66. The Morgan fingerprint density at radius 2 is 2.14 bits per heavy atom. The van der Waals surface area contributed by atoms with Gasteiger partial charge in [0, 0.05) is 12.6 Å². The monoisotopic (exact) mass is 326 g/mol. The van der Waals surface area contributed by atoms with Crippen LogP contribution in [0, 0.1) is 5.41 Å². The number of nitrogens with zero attached hydrogens (tertiary/aromatic N) is 3. The van der Waals surface area contributed by atoms with E-state index in [1.54, 1.807) is 0 Å². The average molecular weight is 327 g/mol. The Balaban J connectivity index is 2.34. The van der Waals surface area contributed by atoms with E-state index in [0.717, 1.165) is 12.8 Å². The summed E-state index contributed by atoms with van der Waals surface area (Å²) in [5.74, 6) is 0.345. The predicted molar refractivity (Wildman–Crippen MR) is 86.9 cm³/mol. The molecule has 0 amide bonds. The smallest absolute Gasteiger partial charge is 0.313 e. The molecule has 0 saturated heterocycles. The van der Waals surface area contributed by atoms with Crippen molar-refractivity contribution in [1.29, 1.82) is 0 Å². The summed E-state index contributed by atoms with van der Waals surface area (Å²) < 4.78 is 4.91. The minimum Gasteiger partial charge on any atom is -0.469 e. The molecular weight excluding hydrogens is 304 g/mol. The second kappa shape index (κ2) is 6.69. The van der Waals surface area contributed by atoms with Crippen LogP contribution in [-0.4, -0.2) is 35.6 Å². The van der Waals surface area contributed by atoms with E-state index in [1.165, 1.54) is 26.1 Å². The molecule has 1 aromatic rings. The van der Waals surface area contributed by atoms with Crippen LogP contribution in [0.1, 0.15) is 39.5 Å². The number of aromatic nitrogens is 2. The van der Waals surface area contributed by atoms with Crippen molar-refractivity contribution >= 4 is 29.1 Å². The molecule has 1 aliphatic rings. The van der Waals surface area contributed by atoms with Crippen molar-refractivity contribution in [3.8, 4) is 0 Å². The van der Waals surface area contributed by atoms with Crippen molar-refractivity contribution in [3.05, 3.63) is 11.5 Å². The zero-order valence-corrected chi connectivity index (χ0v) is 14.1. The Labute approximate surface area is 136 Å². The van der Waals surface area contributed by atoms with Crippen LogP contribution >= 0.6 is 11.6 Å². The Kier molecular flexibility index (Phi) is 5.11. The summed E-state index contributed by atoms with van der Waals surface area (Å²) in [5.41, 5.74) is 5.85. The van der Waals surface area contributed by atoms with Gasteiger partial charge in [-0.25, -0.2) is 4.98 Å². The van der Waals surface area contributed by atoms with Crippen LogP contribution in [0.3, 0.4) is 0 Å². The van der Waals surface area contributed by atoms with Gasteiger partial charge in [0.2, 0.25) is 5.28 Å². The number of hydrogen-bond acceptors (Lipinski definition) is 6. The number of methoxy groups -OCH3 is 1. The van der Waals surface area contributed by atoms with E-state index in [9.17, 15) is 4.79 Å². The van der Waals surface area contributed by atoms with Crippen molar-refractivity contribution < 1.29 is 9.53 Å². The fraction of sp³-hybridized carbons (Fsp3) is 0.667. The minimum absolute atomic E-state index is 0.156. The number of nitrogen functional groups attached to an aromatic ring is 1. The van der Waals surface area contributed by atoms with E-state index in [1.807, 2.05) is 13.8 Å². The van der Waals surface area contributed by atoms with E-state index in [-0.39, 0.29) is 11.3 Å². The van der Waals surface area contributed by atoms with Gasteiger partial charge in [-0.05, 0) is 38.3 Å².